The zero-order valence-corrected chi connectivity index (χ0v) is 16.7. The van der Waals surface area contributed by atoms with E-state index in [2.05, 4.69) is 22.0 Å². The lowest BCUT2D eigenvalue weighted by Crippen LogP contribution is -2.46. The van der Waals surface area contributed by atoms with Crippen molar-refractivity contribution in [3.63, 3.8) is 0 Å². The Morgan fingerprint density at radius 3 is 2.45 bits per heavy atom. The molecule has 2 aromatic rings. The fourth-order valence-corrected chi connectivity index (χ4v) is 4.54. The Morgan fingerprint density at radius 2 is 1.83 bits per heavy atom. The van der Waals surface area contributed by atoms with Gasteiger partial charge in [-0.05, 0) is 39.5 Å². The number of rotatable bonds is 3. The number of anilines is 1. The molecule has 5 rings (SSSR count). The number of hydrogen-bond donors (Lipinski definition) is 1. The van der Waals surface area contributed by atoms with Crippen LogP contribution in [0.25, 0.3) is 12.8 Å². The van der Waals surface area contributed by atoms with Gasteiger partial charge in [-0.1, -0.05) is 6.58 Å². The van der Waals surface area contributed by atoms with E-state index in [0.717, 1.165) is 47.0 Å². The van der Waals surface area contributed by atoms with Crippen LogP contribution in [0.1, 0.15) is 73.5 Å². The lowest BCUT2D eigenvalue weighted by Gasteiger charge is -2.36. The molecule has 2 fully saturated rings. The molecule has 2 saturated carbocycles. The topological polar surface area (TPSA) is 67.1 Å². The van der Waals surface area contributed by atoms with Crippen molar-refractivity contribution in [1.82, 2.24) is 20.4 Å². The highest BCUT2D eigenvalue weighted by molar-refractivity contribution is 5.52. The summed E-state index contributed by atoms with van der Waals surface area (Å²) in [5, 5.41) is 3.42. The van der Waals surface area contributed by atoms with Gasteiger partial charge in [-0.2, -0.15) is 0 Å². The normalized spacial score (nSPS) is 25.9. The molecular weight excluding hydrogens is 376 g/mol. The molecule has 0 amide bonds. The predicted octanol–water partition coefficient (Wildman–Crippen LogP) is 2.79. The molecule has 1 aliphatic heterocycles. The highest BCUT2D eigenvalue weighted by Gasteiger charge is 2.41. The van der Waals surface area contributed by atoms with Crippen LogP contribution in [0.4, 0.5) is 14.6 Å². The molecule has 154 valence electrons. The maximum Gasteiger partial charge on any atom is 0.248 e. The number of oxazole rings is 1. The molecule has 0 saturated heterocycles. The summed E-state index contributed by atoms with van der Waals surface area (Å²) in [5.41, 5.74) is 4.12. The van der Waals surface area contributed by atoms with E-state index >= 15 is 0 Å². The van der Waals surface area contributed by atoms with Crippen LogP contribution >= 0.6 is 0 Å². The second kappa shape index (κ2) is 6.50. The van der Waals surface area contributed by atoms with Crippen molar-refractivity contribution < 1.29 is 13.2 Å². The molecule has 3 heterocycles. The standard InChI is InChI=1S/C21H25F2N5O/c1-11-13(3)29-20(26-11)16-5-4-15(16)18-25-12(2)17-10-24-28(19(17)27-18)14-6-8-21(22,23)9-7-14/h10,14-16,24H,2,4-9H2,1,3H3/t15-,16-/m0/s1. The van der Waals surface area contributed by atoms with E-state index in [4.69, 9.17) is 9.40 Å². The van der Waals surface area contributed by atoms with Crippen LogP contribution in [-0.4, -0.2) is 26.9 Å². The molecule has 2 atom stereocenters. The highest BCUT2D eigenvalue weighted by Crippen LogP contribution is 2.48. The minimum absolute atomic E-state index is 0.0106. The first kappa shape index (κ1) is 18.5. The first-order chi connectivity index (χ1) is 13.8. The predicted molar refractivity (Wildman–Crippen MR) is 105 cm³/mol. The van der Waals surface area contributed by atoms with Crippen LogP contribution in [-0.2, 0) is 0 Å². The Labute approximate surface area is 167 Å². The van der Waals surface area contributed by atoms with Crippen molar-refractivity contribution in [3.8, 4) is 0 Å². The molecule has 0 spiro atoms. The molecule has 3 aliphatic rings. The third kappa shape index (κ3) is 3.09. The molecule has 8 heteroatoms. The Balaban J connectivity index is 1.43. The van der Waals surface area contributed by atoms with E-state index in [1.807, 2.05) is 25.1 Å². The summed E-state index contributed by atoms with van der Waals surface area (Å²) in [6.45, 7) is 7.97. The van der Waals surface area contributed by atoms with E-state index in [9.17, 15) is 8.78 Å². The van der Waals surface area contributed by atoms with Crippen LogP contribution in [0.3, 0.4) is 0 Å². The lowest BCUT2D eigenvalue weighted by atomic mass is 9.73. The Morgan fingerprint density at radius 1 is 1.10 bits per heavy atom. The summed E-state index contributed by atoms with van der Waals surface area (Å²) >= 11 is 0. The van der Waals surface area contributed by atoms with Gasteiger partial charge in [0, 0.05) is 30.9 Å². The minimum Gasteiger partial charge on any atom is -0.445 e. The van der Waals surface area contributed by atoms with Crippen molar-refractivity contribution in [2.75, 3.05) is 5.01 Å². The van der Waals surface area contributed by atoms with Crippen LogP contribution in [0, 0.1) is 13.8 Å². The summed E-state index contributed by atoms with van der Waals surface area (Å²) in [6, 6.07) is -0.0106. The number of aryl methyl sites for hydroxylation is 2. The Bertz CT molecular complexity index is 1040. The number of nitrogens with zero attached hydrogens (tertiary/aromatic N) is 4. The van der Waals surface area contributed by atoms with E-state index in [1.54, 1.807) is 0 Å². The molecular formula is C21H25F2N5O. The maximum absolute atomic E-state index is 13.6. The first-order valence-electron chi connectivity index (χ1n) is 10.3. The van der Waals surface area contributed by atoms with Gasteiger partial charge in [0.25, 0.3) is 0 Å². The Kier molecular flexibility index (Phi) is 4.15. The summed E-state index contributed by atoms with van der Waals surface area (Å²) in [4.78, 5) is 14.1. The molecule has 2 aromatic heterocycles. The zero-order chi connectivity index (χ0) is 20.3. The third-order valence-corrected chi connectivity index (χ3v) is 6.62. The van der Waals surface area contributed by atoms with Gasteiger partial charge in [-0.15, -0.1) is 0 Å². The Hall–Kier alpha value is -2.51. The quantitative estimate of drug-likeness (QED) is 0.853. The van der Waals surface area contributed by atoms with Crippen LogP contribution in [0.15, 0.2) is 4.42 Å². The lowest BCUT2D eigenvalue weighted by molar-refractivity contribution is -0.0384. The SMILES string of the molecule is C=c1nc([C@H]2CC[C@@H]2c2nc(C)c(C)o2)nc2c1=CNN2C1CCC(F)(F)CC1. The van der Waals surface area contributed by atoms with E-state index < -0.39 is 5.92 Å². The smallest absolute Gasteiger partial charge is 0.248 e. The molecule has 0 unspecified atom stereocenters. The van der Waals surface area contributed by atoms with Gasteiger partial charge in [0.1, 0.15) is 11.6 Å². The van der Waals surface area contributed by atoms with Crippen LogP contribution < -0.4 is 21.0 Å². The molecule has 0 bridgehead atoms. The second-order valence-corrected chi connectivity index (χ2v) is 8.48. The summed E-state index contributed by atoms with van der Waals surface area (Å²) < 4.78 is 33.0. The molecule has 29 heavy (non-hydrogen) atoms. The van der Waals surface area contributed by atoms with Gasteiger partial charge in [-0.3, -0.25) is 5.01 Å². The maximum atomic E-state index is 13.6. The summed E-state index contributed by atoms with van der Waals surface area (Å²) in [5.74, 6) is 0.834. The molecule has 1 N–H and O–H groups in total. The molecule has 6 nitrogen and oxygen atoms in total. The molecule has 0 radical (unpaired) electrons. The van der Waals surface area contributed by atoms with E-state index in [-0.39, 0.29) is 30.7 Å². The molecule has 0 aromatic carbocycles. The number of hydrogen-bond acceptors (Lipinski definition) is 6. The van der Waals surface area contributed by atoms with Gasteiger partial charge >= 0.3 is 0 Å². The fraction of sp³-hybridized carbons (Fsp3) is 0.571. The summed E-state index contributed by atoms with van der Waals surface area (Å²) in [7, 11) is 0. The van der Waals surface area contributed by atoms with Gasteiger partial charge in [-0.25, -0.2) is 23.7 Å². The first-order valence-corrected chi connectivity index (χ1v) is 10.3. The number of fused-ring (bicyclic) bond motifs is 1. The third-order valence-electron chi connectivity index (χ3n) is 6.62. The second-order valence-electron chi connectivity index (χ2n) is 8.48. The summed E-state index contributed by atoms with van der Waals surface area (Å²) in [6.07, 6.45) is 4.47. The number of nitrogens with one attached hydrogen (secondary N) is 1. The van der Waals surface area contributed by atoms with Gasteiger partial charge < -0.3 is 9.84 Å². The zero-order valence-electron chi connectivity index (χ0n) is 16.7. The van der Waals surface area contributed by atoms with Crippen molar-refractivity contribution in [1.29, 1.82) is 0 Å². The fourth-order valence-electron chi connectivity index (χ4n) is 4.54. The van der Waals surface area contributed by atoms with Crippen molar-refractivity contribution in [2.24, 2.45) is 0 Å². The average molecular weight is 401 g/mol. The number of aromatic nitrogens is 3. The highest BCUT2D eigenvalue weighted by atomic mass is 19.3. The minimum atomic E-state index is -2.55. The van der Waals surface area contributed by atoms with E-state index in [1.165, 1.54) is 0 Å². The number of halogens is 2. The monoisotopic (exact) mass is 401 g/mol. The van der Waals surface area contributed by atoms with Crippen molar-refractivity contribution in [3.05, 3.63) is 33.7 Å². The van der Waals surface area contributed by atoms with E-state index in [0.29, 0.717) is 18.2 Å². The van der Waals surface area contributed by atoms with Gasteiger partial charge in [0.05, 0.1) is 22.3 Å². The van der Waals surface area contributed by atoms with Crippen molar-refractivity contribution >= 4 is 18.6 Å². The average Bonchev–Trinajstić information content (AvgIpc) is 3.18. The van der Waals surface area contributed by atoms with Gasteiger partial charge in [0.2, 0.25) is 5.92 Å². The number of alkyl halides is 2. The van der Waals surface area contributed by atoms with Gasteiger partial charge in [0.15, 0.2) is 11.7 Å². The van der Waals surface area contributed by atoms with Crippen LogP contribution in [0.5, 0.6) is 0 Å². The van der Waals surface area contributed by atoms with Crippen LogP contribution in [0.2, 0.25) is 0 Å². The van der Waals surface area contributed by atoms with Crippen molar-refractivity contribution in [2.45, 2.75) is 76.2 Å². The number of hydrazine groups is 1. The molecule has 2 aliphatic carbocycles. The largest absolute Gasteiger partial charge is 0.445 e.